The maximum absolute atomic E-state index is 11.9. The Bertz CT molecular complexity index is 352. The molecule has 18 heavy (non-hydrogen) atoms. The summed E-state index contributed by atoms with van der Waals surface area (Å²) in [7, 11) is -0.0250. The molecule has 6 heteroatoms. The Morgan fingerprint density at radius 2 is 1.89 bits per heavy atom. The molecule has 1 aliphatic heterocycles. The number of ether oxygens (including phenoxy) is 2. The van der Waals surface area contributed by atoms with Gasteiger partial charge in [-0.2, -0.15) is 0 Å². The molecule has 0 aromatic rings. The van der Waals surface area contributed by atoms with Gasteiger partial charge in [-0.05, 0) is 19.9 Å². The number of carbonyl (C=O) groups is 2. The van der Waals surface area contributed by atoms with E-state index in [4.69, 9.17) is 9.47 Å². The molecule has 0 aromatic carbocycles. The Balaban J connectivity index is 2.87. The van der Waals surface area contributed by atoms with Crippen LogP contribution in [-0.4, -0.2) is 50.3 Å². The number of hydrogen-bond acceptors (Lipinski definition) is 4. The lowest BCUT2D eigenvalue weighted by atomic mass is 10.1. The number of methoxy groups -OCH3 is 1. The minimum atomic E-state index is -1.37. The van der Waals surface area contributed by atoms with Gasteiger partial charge in [0, 0.05) is 8.07 Å². The smallest absolute Gasteiger partial charge is 0.411 e. The fraction of sp³-hybridized carbons (Fsp3) is 0.833. The molecular formula is C12H23NO4Si. The van der Waals surface area contributed by atoms with Crippen molar-refractivity contribution in [1.29, 1.82) is 0 Å². The van der Waals surface area contributed by atoms with Crippen LogP contribution in [0.4, 0.5) is 4.79 Å². The van der Waals surface area contributed by atoms with Gasteiger partial charge in [-0.1, -0.05) is 19.6 Å². The summed E-state index contributed by atoms with van der Waals surface area (Å²) in [6.45, 7) is 10.5. The van der Waals surface area contributed by atoms with Gasteiger partial charge in [0.1, 0.15) is 0 Å². The molecule has 2 atom stereocenters. The molecule has 1 rings (SSSR count). The van der Waals surface area contributed by atoms with Gasteiger partial charge in [0.15, 0.2) is 5.54 Å². The third kappa shape index (κ3) is 2.68. The Labute approximate surface area is 109 Å². The van der Waals surface area contributed by atoms with Gasteiger partial charge in [0.05, 0.1) is 19.8 Å². The number of hydrogen-bond donors (Lipinski definition) is 0. The predicted molar refractivity (Wildman–Crippen MR) is 71.2 cm³/mol. The number of amides is 1. The lowest BCUT2D eigenvalue weighted by Crippen LogP contribution is -2.31. The third-order valence-electron chi connectivity index (χ3n) is 3.26. The van der Waals surface area contributed by atoms with Gasteiger partial charge in [-0.3, -0.25) is 4.90 Å². The Hall–Kier alpha value is -1.04. The van der Waals surface area contributed by atoms with E-state index in [-0.39, 0.29) is 12.0 Å². The highest BCUT2D eigenvalue weighted by atomic mass is 28.3. The second-order valence-corrected chi connectivity index (χ2v) is 11.5. The molecule has 0 spiro atoms. The summed E-state index contributed by atoms with van der Waals surface area (Å²) in [6, 6.07) is 0.785. The molecule has 0 aromatic heterocycles. The predicted octanol–water partition coefficient (Wildman–Crippen LogP) is 2.10. The molecular weight excluding hydrogens is 250 g/mol. The first-order chi connectivity index (χ1) is 8.18. The minimum Gasteiger partial charge on any atom is -0.467 e. The second kappa shape index (κ2) is 4.91. The SMILES string of the molecule is CCOC(=O)N1C(C[Si](C)(C)C)C1(C)C(=O)OC. The van der Waals surface area contributed by atoms with Crippen LogP contribution in [0.5, 0.6) is 0 Å². The zero-order chi connectivity index (χ0) is 14.1. The van der Waals surface area contributed by atoms with E-state index in [2.05, 4.69) is 19.6 Å². The van der Waals surface area contributed by atoms with Crippen molar-refractivity contribution in [3.8, 4) is 0 Å². The maximum Gasteiger partial charge on any atom is 0.411 e. The van der Waals surface area contributed by atoms with Gasteiger partial charge in [0.25, 0.3) is 0 Å². The molecule has 0 N–H and O–H groups in total. The first-order valence-corrected chi connectivity index (χ1v) is 9.93. The van der Waals surface area contributed by atoms with Crippen molar-refractivity contribution in [1.82, 2.24) is 4.90 Å². The van der Waals surface area contributed by atoms with E-state index in [1.165, 1.54) is 12.0 Å². The van der Waals surface area contributed by atoms with Crippen LogP contribution in [0.25, 0.3) is 0 Å². The Kier molecular flexibility index (Phi) is 4.10. The molecule has 0 radical (unpaired) electrons. The average molecular weight is 273 g/mol. The van der Waals surface area contributed by atoms with E-state index >= 15 is 0 Å². The zero-order valence-electron chi connectivity index (χ0n) is 12.1. The highest BCUT2D eigenvalue weighted by molar-refractivity contribution is 6.76. The van der Waals surface area contributed by atoms with Crippen LogP contribution < -0.4 is 0 Å². The van der Waals surface area contributed by atoms with Crippen LogP contribution in [0.1, 0.15) is 13.8 Å². The lowest BCUT2D eigenvalue weighted by Gasteiger charge is -2.15. The van der Waals surface area contributed by atoms with E-state index in [9.17, 15) is 9.59 Å². The summed E-state index contributed by atoms with van der Waals surface area (Å²) < 4.78 is 9.80. The maximum atomic E-state index is 11.9. The highest BCUT2D eigenvalue weighted by Gasteiger charge is 2.69. The molecule has 1 saturated heterocycles. The first-order valence-electron chi connectivity index (χ1n) is 6.23. The van der Waals surface area contributed by atoms with Crippen molar-refractivity contribution < 1.29 is 19.1 Å². The normalized spacial score (nSPS) is 26.8. The summed E-state index contributed by atoms with van der Waals surface area (Å²) in [5.41, 5.74) is -0.846. The Morgan fingerprint density at radius 1 is 1.33 bits per heavy atom. The molecule has 0 aliphatic carbocycles. The summed E-state index contributed by atoms with van der Waals surface area (Å²) >= 11 is 0. The summed E-state index contributed by atoms with van der Waals surface area (Å²) in [6.07, 6.45) is -0.423. The second-order valence-electron chi connectivity index (χ2n) is 5.99. The first kappa shape index (κ1) is 15.0. The topological polar surface area (TPSA) is 55.6 Å². The number of esters is 1. The van der Waals surface area contributed by atoms with E-state index in [0.29, 0.717) is 6.61 Å². The van der Waals surface area contributed by atoms with Gasteiger partial charge >= 0.3 is 12.1 Å². The van der Waals surface area contributed by atoms with E-state index in [1.807, 2.05) is 0 Å². The van der Waals surface area contributed by atoms with Gasteiger partial charge in [-0.15, -0.1) is 0 Å². The van der Waals surface area contributed by atoms with Crippen molar-refractivity contribution in [3.05, 3.63) is 0 Å². The molecule has 1 fully saturated rings. The van der Waals surface area contributed by atoms with Crippen molar-refractivity contribution in [2.45, 2.75) is 51.1 Å². The van der Waals surface area contributed by atoms with E-state index in [1.54, 1.807) is 13.8 Å². The van der Waals surface area contributed by atoms with Gasteiger partial charge < -0.3 is 9.47 Å². The number of carbonyl (C=O) groups excluding carboxylic acids is 2. The molecule has 1 aliphatic rings. The fourth-order valence-electron chi connectivity index (χ4n) is 2.28. The number of nitrogens with zero attached hydrogens (tertiary/aromatic N) is 1. The van der Waals surface area contributed by atoms with Crippen molar-refractivity contribution in [2.24, 2.45) is 0 Å². The van der Waals surface area contributed by atoms with Crippen LogP contribution in [0.15, 0.2) is 0 Å². The lowest BCUT2D eigenvalue weighted by molar-refractivity contribution is -0.144. The van der Waals surface area contributed by atoms with Crippen molar-refractivity contribution >= 4 is 20.1 Å². The van der Waals surface area contributed by atoms with E-state index in [0.717, 1.165) is 6.04 Å². The van der Waals surface area contributed by atoms with Crippen molar-refractivity contribution in [3.63, 3.8) is 0 Å². The quantitative estimate of drug-likeness (QED) is 0.447. The van der Waals surface area contributed by atoms with Crippen LogP contribution in [0.2, 0.25) is 25.7 Å². The molecule has 0 saturated carbocycles. The number of rotatable bonds is 4. The summed E-state index contributed by atoms with van der Waals surface area (Å²) in [5, 5.41) is 0. The third-order valence-corrected chi connectivity index (χ3v) is 4.87. The summed E-state index contributed by atoms with van der Waals surface area (Å²) in [5.74, 6) is -0.362. The fourth-order valence-corrected chi connectivity index (χ4v) is 4.02. The zero-order valence-corrected chi connectivity index (χ0v) is 13.1. The minimum absolute atomic E-state index is 0.0873. The van der Waals surface area contributed by atoms with Crippen molar-refractivity contribution in [2.75, 3.05) is 13.7 Å². The van der Waals surface area contributed by atoms with Gasteiger partial charge in [-0.25, -0.2) is 9.59 Å². The molecule has 1 amide bonds. The van der Waals surface area contributed by atoms with Gasteiger partial charge in [0.2, 0.25) is 0 Å². The summed E-state index contributed by atoms with van der Waals surface area (Å²) in [4.78, 5) is 25.2. The molecule has 1 heterocycles. The average Bonchev–Trinajstić information content (AvgIpc) is 2.81. The van der Waals surface area contributed by atoms with E-state index < -0.39 is 19.7 Å². The largest absolute Gasteiger partial charge is 0.467 e. The molecule has 5 nitrogen and oxygen atoms in total. The highest BCUT2D eigenvalue weighted by Crippen LogP contribution is 2.46. The molecule has 2 unspecified atom stereocenters. The molecule has 0 bridgehead atoms. The van der Waals surface area contributed by atoms with Crippen LogP contribution in [0.3, 0.4) is 0 Å². The molecule has 104 valence electrons. The monoisotopic (exact) mass is 273 g/mol. The van der Waals surface area contributed by atoms with Crippen LogP contribution in [-0.2, 0) is 14.3 Å². The van der Waals surface area contributed by atoms with Crippen LogP contribution in [0, 0.1) is 0 Å². The standard InChI is InChI=1S/C12H23NO4Si/c1-7-17-11(15)13-9(8-18(4,5)6)12(13,2)10(14)16-3/h9H,7-8H2,1-6H3. The van der Waals surface area contributed by atoms with Crippen LogP contribution >= 0.6 is 0 Å². The Morgan fingerprint density at radius 3 is 2.28 bits per heavy atom.